The van der Waals surface area contributed by atoms with Gasteiger partial charge in [0.2, 0.25) is 5.88 Å². The predicted octanol–water partition coefficient (Wildman–Crippen LogP) is 3.39. The van der Waals surface area contributed by atoms with Crippen molar-refractivity contribution in [3.63, 3.8) is 0 Å². The zero-order valence-corrected chi connectivity index (χ0v) is 11.6. The first-order chi connectivity index (χ1) is 8.95. The Balaban J connectivity index is 3.46. The van der Waals surface area contributed by atoms with Gasteiger partial charge in [0.05, 0.1) is 16.2 Å². The number of halogens is 7. The van der Waals surface area contributed by atoms with E-state index in [1.165, 1.54) is 22.6 Å². The van der Waals surface area contributed by atoms with Crippen molar-refractivity contribution in [2.45, 2.75) is 12.5 Å². The minimum atomic E-state index is -5.25. The van der Waals surface area contributed by atoms with E-state index in [1.807, 2.05) is 0 Å². The van der Waals surface area contributed by atoms with Crippen LogP contribution >= 0.6 is 22.6 Å². The van der Waals surface area contributed by atoms with Crippen LogP contribution in [-0.4, -0.2) is 24.4 Å². The summed E-state index contributed by atoms with van der Waals surface area (Å²) in [5.41, 5.74) is -2.42. The highest BCUT2D eigenvalue weighted by Crippen LogP contribution is 2.35. The molecular weight excluding hydrogens is 411 g/mol. The van der Waals surface area contributed by atoms with E-state index in [4.69, 9.17) is 0 Å². The van der Waals surface area contributed by atoms with Gasteiger partial charge in [0.25, 0.3) is 0 Å². The smallest absolute Gasteiger partial charge is 0.465 e. The largest absolute Gasteiger partial charge is 0.574 e. The molecular formula is C9H4F6INO3. The summed E-state index contributed by atoms with van der Waals surface area (Å²) in [6.07, 6.45) is -10.3. The van der Waals surface area contributed by atoms with Crippen molar-refractivity contribution in [2.24, 2.45) is 0 Å². The molecule has 1 rings (SSSR count). The molecule has 4 nitrogen and oxygen atoms in total. The van der Waals surface area contributed by atoms with E-state index in [0.29, 0.717) is 0 Å². The molecule has 0 atom stereocenters. The van der Waals surface area contributed by atoms with E-state index in [-0.39, 0.29) is 6.07 Å². The van der Waals surface area contributed by atoms with Crippen LogP contribution in [0.4, 0.5) is 26.3 Å². The lowest BCUT2D eigenvalue weighted by Gasteiger charge is -2.14. The maximum absolute atomic E-state index is 12.5. The number of aromatic nitrogens is 1. The van der Waals surface area contributed by atoms with Gasteiger partial charge in [-0.25, -0.2) is 9.78 Å². The van der Waals surface area contributed by atoms with Gasteiger partial charge in [0.1, 0.15) is 5.69 Å². The lowest BCUT2D eigenvalue weighted by molar-refractivity contribution is -0.276. The molecule has 0 radical (unpaired) electrons. The van der Waals surface area contributed by atoms with Crippen molar-refractivity contribution in [3.05, 3.63) is 20.9 Å². The molecule has 0 aliphatic heterocycles. The van der Waals surface area contributed by atoms with Crippen LogP contribution in [0.5, 0.6) is 5.88 Å². The van der Waals surface area contributed by atoms with E-state index >= 15 is 0 Å². The molecule has 0 N–H and O–H groups in total. The average Bonchev–Trinajstić information content (AvgIpc) is 2.27. The Kier molecular flexibility index (Phi) is 4.71. The number of carbonyl (C=O) groups excluding carboxylic acids is 1. The molecule has 112 valence electrons. The van der Waals surface area contributed by atoms with Gasteiger partial charge in [0.15, 0.2) is 0 Å². The number of esters is 1. The Morgan fingerprint density at radius 1 is 1.25 bits per heavy atom. The van der Waals surface area contributed by atoms with Crippen LogP contribution in [0.2, 0.25) is 0 Å². The van der Waals surface area contributed by atoms with Gasteiger partial charge in [-0.15, -0.1) is 13.2 Å². The molecule has 1 aromatic heterocycles. The number of pyridine rings is 1. The van der Waals surface area contributed by atoms with Crippen LogP contribution in [0.3, 0.4) is 0 Å². The third-order valence-corrected chi connectivity index (χ3v) is 2.88. The summed E-state index contributed by atoms with van der Waals surface area (Å²) in [4.78, 5) is 14.0. The van der Waals surface area contributed by atoms with Gasteiger partial charge < -0.3 is 9.47 Å². The van der Waals surface area contributed by atoms with Crippen molar-refractivity contribution < 1.29 is 40.6 Å². The molecule has 1 aromatic rings. The van der Waals surface area contributed by atoms with Crippen LogP contribution in [-0.2, 0) is 10.9 Å². The minimum absolute atomic E-state index is 0.289. The summed E-state index contributed by atoms with van der Waals surface area (Å²) in [6.45, 7) is 0. The lowest BCUT2D eigenvalue weighted by Crippen LogP contribution is -2.21. The highest BCUT2D eigenvalue weighted by atomic mass is 127. The normalized spacial score (nSPS) is 12.2. The zero-order chi connectivity index (χ0) is 15.7. The van der Waals surface area contributed by atoms with Crippen molar-refractivity contribution >= 4 is 28.6 Å². The molecule has 0 aliphatic carbocycles. The third-order valence-electron chi connectivity index (χ3n) is 1.84. The predicted molar refractivity (Wildman–Crippen MR) is 60.0 cm³/mol. The summed E-state index contributed by atoms with van der Waals surface area (Å²) >= 11 is 1.21. The summed E-state index contributed by atoms with van der Waals surface area (Å²) < 4.78 is 80.9. The Hall–Kier alpha value is -1.27. The number of methoxy groups -OCH3 is 1. The third kappa shape index (κ3) is 4.11. The van der Waals surface area contributed by atoms with Gasteiger partial charge in [-0.3, -0.25) is 0 Å². The van der Waals surface area contributed by atoms with Crippen LogP contribution in [0.1, 0.15) is 16.1 Å². The first-order valence-corrected chi connectivity index (χ1v) is 5.65. The minimum Gasteiger partial charge on any atom is -0.465 e. The number of hydrogen-bond acceptors (Lipinski definition) is 4. The first-order valence-electron chi connectivity index (χ1n) is 4.57. The molecule has 0 aromatic carbocycles. The van der Waals surface area contributed by atoms with Gasteiger partial charge >= 0.3 is 18.5 Å². The Bertz CT molecular complexity index is 528. The molecule has 0 saturated carbocycles. The van der Waals surface area contributed by atoms with E-state index in [2.05, 4.69) is 14.5 Å². The Morgan fingerprint density at radius 2 is 1.80 bits per heavy atom. The summed E-state index contributed by atoms with van der Waals surface area (Å²) in [6, 6.07) is 0.289. The fraction of sp³-hybridized carbons (Fsp3) is 0.333. The first kappa shape index (κ1) is 16.8. The van der Waals surface area contributed by atoms with Crippen molar-refractivity contribution in [2.75, 3.05) is 7.11 Å². The monoisotopic (exact) mass is 415 g/mol. The number of nitrogens with zero attached hydrogens (tertiary/aromatic N) is 1. The number of alkyl halides is 6. The Labute approximate surface area is 121 Å². The molecule has 0 spiro atoms. The highest BCUT2D eigenvalue weighted by molar-refractivity contribution is 14.1. The second-order valence-electron chi connectivity index (χ2n) is 3.21. The quantitative estimate of drug-likeness (QED) is 0.423. The zero-order valence-electron chi connectivity index (χ0n) is 9.40. The maximum atomic E-state index is 12.5. The standard InChI is InChI=1S/C9H4F6INO3/c1-19-7(18)3-2-4(8(10,11)12)17-6(5(3)16)20-9(13,14)15/h2H,1H3. The van der Waals surface area contributed by atoms with Crippen LogP contribution in [0.15, 0.2) is 6.07 Å². The topological polar surface area (TPSA) is 48.4 Å². The van der Waals surface area contributed by atoms with Crippen LogP contribution in [0, 0.1) is 3.57 Å². The summed E-state index contributed by atoms with van der Waals surface area (Å²) in [7, 11) is 0.871. The van der Waals surface area contributed by atoms with E-state index < -0.39 is 39.2 Å². The molecule has 11 heteroatoms. The van der Waals surface area contributed by atoms with Gasteiger partial charge in [0, 0.05) is 0 Å². The maximum Gasteiger partial charge on any atom is 0.574 e. The van der Waals surface area contributed by atoms with E-state index in [1.54, 1.807) is 0 Å². The van der Waals surface area contributed by atoms with Crippen molar-refractivity contribution in [1.82, 2.24) is 4.98 Å². The summed E-state index contributed by atoms with van der Waals surface area (Å²) in [5, 5.41) is 0. The van der Waals surface area contributed by atoms with Gasteiger partial charge in [-0.1, -0.05) is 0 Å². The molecule has 0 amide bonds. The molecule has 0 aliphatic rings. The molecule has 20 heavy (non-hydrogen) atoms. The molecule has 0 fully saturated rings. The number of ether oxygens (including phenoxy) is 2. The van der Waals surface area contributed by atoms with Crippen LogP contribution in [0.25, 0.3) is 0 Å². The van der Waals surface area contributed by atoms with Gasteiger partial charge in [-0.2, -0.15) is 13.2 Å². The number of carbonyl (C=O) groups is 1. The fourth-order valence-corrected chi connectivity index (χ4v) is 1.69. The molecule has 0 saturated heterocycles. The van der Waals surface area contributed by atoms with E-state index in [9.17, 15) is 31.1 Å². The van der Waals surface area contributed by atoms with Crippen LogP contribution < -0.4 is 4.74 Å². The average molecular weight is 415 g/mol. The SMILES string of the molecule is COC(=O)c1cc(C(F)(F)F)nc(OC(F)(F)F)c1I. The molecule has 0 unspecified atom stereocenters. The van der Waals surface area contributed by atoms with Crippen molar-refractivity contribution in [1.29, 1.82) is 0 Å². The molecule has 0 bridgehead atoms. The molecule has 1 heterocycles. The lowest BCUT2D eigenvalue weighted by atomic mass is 10.2. The Morgan fingerprint density at radius 3 is 2.20 bits per heavy atom. The van der Waals surface area contributed by atoms with Crippen molar-refractivity contribution in [3.8, 4) is 5.88 Å². The van der Waals surface area contributed by atoms with E-state index in [0.717, 1.165) is 7.11 Å². The summed E-state index contributed by atoms with van der Waals surface area (Å²) in [5.74, 6) is -2.61. The second kappa shape index (κ2) is 5.61. The second-order valence-corrected chi connectivity index (χ2v) is 4.29. The fourth-order valence-electron chi connectivity index (χ4n) is 1.09. The number of rotatable bonds is 2. The van der Waals surface area contributed by atoms with Gasteiger partial charge in [-0.05, 0) is 28.7 Å². The number of hydrogen-bond donors (Lipinski definition) is 0. The highest BCUT2D eigenvalue weighted by Gasteiger charge is 2.38.